The zero-order valence-electron chi connectivity index (χ0n) is 16.1. The van der Waals surface area contributed by atoms with E-state index in [1.54, 1.807) is 6.07 Å². The van der Waals surface area contributed by atoms with E-state index in [1.165, 1.54) is 42.2 Å². The smallest absolute Gasteiger partial charge is 0.332 e. The number of alkyl halides is 2. The number of aliphatic hydroxyl groups excluding tert-OH is 1. The Morgan fingerprint density at radius 1 is 1.38 bits per heavy atom. The predicted molar refractivity (Wildman–Crippen MR) is 102 cm³/mol. The lowest BCUT2D eigenvalue weighted by Crippen LogP contribution is -2.35. The van der Waals surface area contributed by atoms with Gasteiger partial charge in [-0.25, -0.2) is 9.59 Å². The number of nitrogens with zero attached hydrogens (tertiary/aromatic N) is 1. The molecular weight excluding hydrogens is 386 g/mol. The van der Waals surface area contributed by atoms with E-state index in [1.807, 2.05) is 0 Å². The number of amides is 2. The van der Waals surface area contributed by atoms with Crippen LogP contribution in [0.1, 0.15) is 25.3 Å². The zero-order chi connectivity index (χ0) is 21.4. The summed E-state index contributed by atoms with van der Waals surface area (Å²) in [6.07, 6.45) is 0.617. The Hall–Kier alpha value is -2.52. The third-order valence-corrected chi connectivity index (χ3v) is 4.68. The molecule has 0 spiro atoms. The Bertz CT molecular complexity index is 714. The van der Waals surface area contributed by atoms with Crippen molar-refractivity contribution in [1.29, 1.82) is 0 Å². The number of rotatable bonds is 11. The van der Waals surface area contributed by atoms with Gasteiger partial charge in [0, 0.05) is 25.3 Å². The van der Waals surface area contributed by atoms with Crippen molar-refractivity contribution in [2.75, 3.05) is 19.7 Å². The van der Waals surface area contributed by atoms with Crippen LogP contribution in [0.2, 0.25) is 0 Å². The fourth-order valence-electron chi connectivity index (χ4n) is 2.89. The van der Waals surface area contributed by atoms with E-state index >= 15 is 0 Å². The van der Waals surface area contributed by atoms with Gasteiger partial charge in [-0.2, -0.15) is 8.78 Å². The van der Waals surface area contributed by atoms with E-state index in [2.05, 4.69) is 5.32 Å². The van der Waals surface area contributed by atoms with E-state index < -0.39 is 30.1 Å². The molecule has 0 saturated carbocycles. The maximum Gasteiger partial charge on any atom is 0.332 e. The number of aliphatic carboxylic acids is 1. The third kappa shape index (κ3) is 6.23. The lowest BCUT2D eigenvalue weighted by atomic mass is 10.0. The molecule has 160 valence electrons. The number of hydrogen-bond donors (Lipinski definition) is 3. The third-order valence-electron chi connectivity index (χ3n) is 4.68. The molecule has 1 aliphatic rings. The molecule has 2 amide bonds. The highest BCUT2D eigenvalue weighted by molar-refractivity contribution is 5.77. The number of carbonyl (C=O) groups is 2. The minimum Gasteiger partial charge on any atom is -0.479 e. The summed E-state index contributed by atoms with van der Waals surface area (Å²) < 4.78 is 33.8. The summed E-state index contributed by atoms with van der Waals surface area (Å²) in [6, 6.07) is 6.28. The first-order valence-corrected chi connectivity index (χ1v) is 9.42. The highest BCUT2D eigenvalue weighted by atomic mass is 19.3. The van der Waals surface area contributed by atoms with Crippen LogP contribution in [0, 0.1) is 0 Å². The number of halogens is 2. The number of urea groups is 1. The molecule has 29 heavy (non-hydrogen) atoms. The fourth-order valence-corrected chi connectivity index (χ4v) is 2.89. The highest BCUT2D eigenvalue weighted by Gasteiger charge is 2.39. The minimum atomic E-state index is -3.45. The topological polar surface area (TPSA) is 99.1 Å². The molecule has 9 heteroatoms. The average Bonchev–Trinajstić information content (AvgIpc) is 3.05. The standard InChI is InChI=1S/C20H26F2N2O5/c1-14(18(26)27)29-12-6-5-11-24-16(13-23-19(24)28)9-10-17(25)20(21,22)15-7-3-2-4-8-15/h2-4,7-10,14,16-17,25H,5-6,11-13H2,1H3,(H,23,28)(H,26,27)/b10-9+/t14?,16-,17?/m0/s1. The quantitative estimate of drug-likeness (QED) is 0.383. The second-order valence-corrected chi connectivity index (χ2v) is 6.82. The van der Waals surface area contributed by atoms with E-state index in [9.17, 15) is 23.5 Å². The van der Waals surface area contributed by atoms with Crippen LogP contribution in [-0.4, -0.2) is 65.1 Å². The lowest BCUT2D eigenvalue weighted by Gasteiger charge is -2.23. The molecule has 3 atom stereocenters. The van der Waals surface area contributed by atoms with Gasteiger partial charge in [-0.1, -0.05) is 42.5 Å². The molecular formula is C20H26F2N2O5. The molecule has 1 saturated heterocycles. The van der Waals surface area contributed by atoms with Crippen LogP contribution >= 0.6 is 0 Å². The molecule has 0 aliphatic carbocycles. The summed E-state index contributed by atoms with van der Waals surface area (Å²) >= 11 is 0. The van der Waals surface area contributed by atoms with Gasteiger partial charge in [0.15, 0.2) is 6.10 Å². The summed E-state index contributed by atoms with van der Waals surface area (Å²) in [4.78, 5) is 24.1. The van der Waals surface area contributed by atoms with Gasteiger partial charge in [-0.15, -0.1) is 0 Å². The molecule has 2 rings (SSSR count). The molecule has 1 aliphatic heterocycles. The van der Waals surface area contributed by atoms with Crippen molar-refractivity contribution in [2.45, 2.75) is 43.9 Å². The van der Waals surface area contributed by atoms with Crippen LogP contribution in [-0.2, 0) is 15.5 Å². The maximum atomic E-state index is 14.4. The first kappa shape index (κ1) is 22.8. The second kappa shape index (κ2) is 10.3. The fraction of sp³-hybridized carbons (Fsp3) is 0.500. The van der Waals surface area contributed by atoms with E-state index in [-0.39, 0.29) is 24.7 Å². The summed E-state index contributed by atoms with van der Waals surface area (Å²) in [5.41, 5.74) is -0.287. The van der Waals surface area contributed by atoms with Crippen LogP contribution in [0.3, 0.4) is 0 Å². The summed E-state index contributed by atoms with van der Waals surface area (Å²) in [6.45, 7) is 2.29. The van der Waals surface area contributed by atoms with Crippen LogP contribution in [0.4, 0.5) is 13.6 Å². The van der Waals surface area contributed by atoms with Gasteiger partial charge >= 0.3 is 17.9 Å². The number of ether oxygens (including phenoxy) is 1. The second-order valence-electron chi connectivity index (χ2n) is 6.82. The number of hydrogen-bond acceptors (Lipinski definition) is 4. The van der Waals surface area contributed by atoms with Crippen molar-refractivity contribution in [2.24, 2.45) is 0 Å². The van der Waals surface area contributed by atoms with Crippen LogP contribution in [0.25, 0.3) is 0 Å². The largest absolute Gasteiger partial charge is 0.479 e. The van der Waals surface area contributed by atoms with Gasteiger partial charge in [-0.3, -0.25) is 0 Å². The Kier molecular flexibility index (Phi) is 8.10. The molecule has 1 heterocycles. The number of aliphatic hydroxyl groups is 1. The SMILES string of the molecule is CC(OCCCCN1C(=O)NC[C@@H]1/C=C/C(O)C(F)(F)c1ccccc1)C(=O)O. The Balaban J connectivity index is 1.87. The van der Waals surface area contributed by atoms with Crippen molar-refractivity contribution in [3.8, 4) is 0 Å². The minimum absolute atomic E-state index is 0.242. The van der Waals surface area contributed by atoms with Crippen molar-refractivity contribution < 1.29 is 33.3 Å². The number of unbranched alkanes of at least 4 members (excludes halogenated alkanes) is 1. The molecule has 0 radical (unpaired) electrons. The predicted octanol–water partition coefficient (Wildman–Crippen LogP) is 2.36. The molecule has 0 bridgehead atoms. The molecule has 7 nitrogen and oxygen atoms in total. The van der Waals surface area contributed by atoms with Gasteiger partial charge in [0.25, 0.3) is 0 Å². The molecule has 1 aromatic carbocycles. The van der Waals surface area contributed by atoms with Gasteiger partial charge < -0.3 is 25.2 Å². The van der Waals surface area contributed by atoms with Crippen molar-refractivity contribution in [3.05, 3.63) is 48.0 Å². The van der Waals surface area contributed by atoms with Crippen LogP contribution < -0.4 is 5.32 Å². The van der Waals surface area contributed by atoms with Crippen LogP contribution in [0.15, 0.2) is 42.5 Å². The highest BCUT2D eigenvalue weighted by Crippen LogP contribution is 2.32. The maximum absolute atomic E-state index is 14.4. The lowest BCUT2D eigenvalue weighted by molar-refractivity contribution is -0.149. The number of carboxylic acids is 1. The number of nitrogens with one attached hydrogen (secondary N) is 1. The zero-order valence-corrected chi connectivity index (χ0v) is 16.1. The Morgan fingerprint density at radius 2 is 2.07 bits per heavy atom. The van der Waals surface area contributed by atoms with E-state index in [0.29, 0.717) is 19.4 Å². The van der Waals surface area contributed by atoms with Gasteiger partial charge in [-0.05, 0) is 19.8 Å². The molecule has 3 N–H and O–H groups in total. The first-order chi connectivity index (χ1) is 13.7. The average molecular weight is 412 g/mol. The van der Waals surface area contributed by atoms with E-state index in [0.717, 1.165) is 6.08 Å². The summed E-state index contributed by atoms with van der Waals surface area (Å²) in [7, 11) is 0. The van der Waals surface area contributed by atoms with Gasteiger partial charge in [0.2, 0.25) is 0 Å². The van der Waals surface area contributed by atoms with Crippen LogP contribution in [0.5, 0.6) is 0 Å². The van der Waals surface area contributed by atoms with E-state index in [4.69, 9.17) is 9.84 Å². The monoisotopic (exact) mass is 412 g/mol. The van der Waals surface area contributed by atoms with Gasteiger partial charge in [0.1, 0.15) is 6.10 Å². The van der Waals surface area contributed by atoms with Crippen molar-refractivity contribution in [1.82, 2.24) is 10.2 Å². The van der Waals surface area contributed by atoms with Crippen molar-refractivity contribution in [3.63, 3.8) is 0 Å². The molecule has 2 unspecified atom stereocenters. The normalized spacial score (nSPS) is 19.4. The number of carboxylic acid groups (broad SMARTS) is 1. The summed E-state index contributed by atoms with van der Waals surface area (Å²) in [5.74, 6) is -4.49. The number of carbonyl (C=O) groups excluding carboxylic acids is 1. The van der Waals surface area contributed by atoms with Crippen molar-refractivity contribution >= 4 is 12.0 Å². The first-order valence-electron chi connectivity index (χ1n) is 9.42. The van der Waals surface area contributed by atoms with Gasteiger partial charge in [0.05, 0.1) is 6.04 Å². The number of benzene rings is 1. The molecule has 1 fully saturated rings. The molecule has 1 aromatic rings. The Morgan fingerprint density at radius 3 is 2.72 bits per heavy atom. The molecule has 0 aromatic heterocycles. The summed E-state index contributed by atoms with van der Waals surface area (Å²) in [5, 5.41) is 21.4. The Labute approximate surface area is 168 Å².